The standard InChI is InChI=1S/C8H13N3O/c1-9-8(12)11(2)6-7-3-4-10-5-7/h3-5,10H,6H2,1-2H3,(H,9,12). The van der Waals surface area contributed by atoms with Gasteiger partial charge < -0.3 is 15.2 Å². The number of nitrogens with zero attached hydrogens (tertiary/aromatic N) is 1. The Kier molecular flexibility index (Phi) is 2.74. The number of aromatic amines is 1. The van der Waals surface area contributed by atoms with Crippen molar-refractivity contribution < 1.29 is 4.79 Å². The van der Waals surface area contributed by atoms with Gasteiger partial charge in [-0.1, -0.05) is 0 Å². The van der Waals surface area contributed by atoms with Crippen molar-refractivity contribution in [1.82, 2.24) is 15.2 Å². The van der Waals surface area contributed by atoms with Gasteiger partial charge in [0, 0.05) is 33.0 Å². The molecule has 0 radical (unpaired) electrons. The van der Waals surface area contributed by atoms with Gasteiger partial charge in [-0.25, -0.2) is 4.79 Å². The molecule has 1 rings (SSSR count). The third-order valence-corrected chi connectivity index (χ3v) is 1.64. The lowest BCUT2D eigenvalue weighted by Crippen LogP contribution is -2.34. The van der Waals surface area contributed by atoms with Gasteiger partial charge in [0.25, 0.3) is 0 Å². The van der Waals surface area contributed by atoms with Crippen molar-refractivity contribution in [3.05, 3.63) is 24.0 Å². The van der Waals surface area contributed by atoms with Crippen molar-refractivity contribution in [1.29, 1.82) is 0 Å². The zero-order valence-corrected chi connectivity index (χ0v) is 7.29. The van der Waals surface area contributed by atoms with E-state index in [-0.39, 0.29) is 6.03 Å². The summed E-state index contributed by atoms with van der Waals surface area (Å²) in [7, 11) is 3.38. The molecule has 12 heavy (non-hydrogen) atoms. The summed E-state index contributed by atoms with van der Waals surface area (Å²) in [6.45, 7) is 0.628. The smallest absolute Gasteiger partial charge is 0.317 e. The fraction of sp³-hybridized carbons (Fsp3) is 0.375. The monoisotopic (exact) mass is 167 g/mol. The molecule has 0 aliphatic heterocycles. The number of hydrogen-bond acceptors (Lipinski definition) is 1. The molecule has 0 saturated heterocycles. The number of urea groups is 1. The van der Waals surface area contributed by atoms with Crippen LogP contribution in [-0.2, 0) is 6.54 Å². The molecule has 1 aromatic rings. The number of aromatic nitrogens is 1. The van der Waals surface area contributed by atoms with E-state index in [1.165, 1.54) is 0 Å². The van der Waals surface area contributed by atoms with Crippen LogP contribution < -0.4 is 5.32 Å². The minimum atomic E-state index is -0.0730. The largest absolute Gasteiger partial charge is 0.367 e. The van der Waals surface area contributed by atoms with E-state index in [0.717, 1.165) is 5.56 Å². The summed E-state index contributed by atoms with van der Waals surface area (Å²) < 4.78 is 0. The van der Waals surface area contributed by atoms with Gasteiger partial charge in [0.2, 0.25) is 0 Å². The van der Waals surface area contributed by atoms with Crippen LogP contribution in [0.15, 0.2) is 18.5 Å². The van der Waals surface area contributed by atoms with E-state index in [1.54, 1.807) is 19.0 Å². The van der Waals surface area contributed by atoms with Crippen LogP contribution in [0.1, 0.15) is 5.56 Å². The second-order valence-corrected chi connectivity index (χ2v) is 2.63. The molecule has 4 heteroatoms. The minimum Gasteiger partial charge on any atom is -0.367 e. The van der Waals surface area contributed by atoms with Gasteiger partial charge in [-0.15, -0.1) is 0 Å². The highest BCUT2D eigenvalue weighted by Gasteiger charge is 2.05. The number of rotatable bonds is 2. The Balaban J connectivity index is 2.47. The first-order valence-electron chi connectivity index (χ1n) is 3.78. The van der Waals surface area contributed by atoms with Gasteiger partial charge in [0.1, 0.15) is 0 Å². The van der Waals surface area contributed by atoms with Gasteiger partial charge in [-0.3, -0.25) is 0 Å². The van der Waals surface area contributed by atoms with Gasteiger partial charge in [0.05, 0.1) is 0 Å². The Morgan fingerprint density at radius 2 is 2.50 bits per heavy atom. The SMILES string of the molecule is CNC(=O)N(C)Cc1cc[nH]c1. The number of carbonyl (C=O) groups excluding carboxylic acids is 1. The predicted octanol–water partition coefficient (Wildman–Crippen LogP) is 0.786. The van der Waals surface area contributed by atoms with Gasteiger partial charge >= 0.3 is 6.03 Å². The Morgan fingerprint density at radius 1 is 1.75 bits per heavy atom. The number of carbonyl (C=O) groups is 1. The van der Waals surface area contributed by atoms with Crippen molar-refractivity contribution >= 4 is 6.03 Å². The molecule has 1 heterocycles. The van der Waals surface area contributed by atoms with Crippen molar-refractivity contribution in [3.63, 3.8) is 0 Å². The number of amides is 2. The van der Waals surface area contributed by atoms with Crippen molar-refractivity contribution in [3.8, 4) is 0 Å². The fourth-order valence-corrected chi connectivity index (χ4v) is 0.993. The highest BCUT2D eigenvalue weighted by atomic mass is 16.2. The molecule has 0 unspecified atom stereocenters. The number of H-pyrrole nitrogens is 1. The van der Waals surface area contributed by atoms with E-state index < -0.39 is 0 Å². The van der Waals surface area contributed by atoms with E-state index in [4.69, 9.17) is 0 Å². The highest BCUT2D eigenvalue weighted by Crippen LogP contribution is 2.00. The van der Waals surface area contributed by atoms with Crippen LogP contribution in [0.3, 0.4) is 0 Å². The lowest BCUT2D eigenvalue weighted by molar-refractivity contribution is 0.209. The number of nitrogens with one attached hydrogen (secondary N) is 2. The van der Waals surface area contributed by atoms with Crippen LogP contribution in [0.5, 0.6) is 0 Å². The second-order valence-electron chi connectivity index (χ2n) is 2.63. The summed E-state index contributed by atoms with van der Waals surface area (Å²) in [5.74, 6) is 0. The molecular weight excluding hydrogens is 154 g/mol. The Bertz CT molecular complexity index is 243. The molecular formula is C8H13N3O. The quantitative estimate of drug-likeness (QED) is 0.672. The highest BCUT2D eigenvalue weighted by molar-refractivity contribution is 5.73. The first-order valence-corrected chi connectivity index (χ1v) is 3.78. The maximum atomic E-state index is 11.0. The molecule has 0 spiro atoms. The van der Waals surface area contributed by atoms with Crippen LogP contribution in [0.2, 0.25) is 0 Å². The predicted molar refractivity (Wildman–Crippen MR) is 46.7 cm³/mol. The van der Waals surface area contributed by atoms with E-state index >= 15 is 0 Å². The molecule has 0 aromatic carbocycles. The Morgan fingerprint density at radius 3 is 3.00 bits per heavy atom. The summed E-state index contributed by atoms with van der Waals surface area (Å²) in [5, 5.41) is 2.55. The molecule has 0 saturated carbocycles. The normalized spacial score (nSPS) is 9.50. The molecule has 2 N–H and O–H groups in total. The summed E-state index contributed by atoms with van der Waals surface area (Å²) in [4.78, 5) is 15.6. The lowest BCUT2D eigenvalue weighted by Gasteiger charge is -2.14. The first kappa shape index (κ1) is 8.64. The molecule has 0 aliphatic rings. The lowest BCUT2D eigenvalue weighted by atomic mass is 10.3. The molecule has 4 nitrogen and oxygen atoms in total. The van der Waals surface area contributed by atoms with Crippen molar-refractivity contribution in [2.24, 2.45) is 0 Å². The van der Waals surface area contributed by atoms with Crippen LogP contribution in [0.25, 0.3) is 0 Å². The van der Waals surface area contributed by atoms with Crippen molar-refractivity contribution in [2.75, 3.05) is 14.1 Å². The molecule has 0 fully saturated rings. The zero-order chi connectivity index (χ0) is 8.97. The summed E-state index contributed by atoms with van der Waals surface area (Å²) in [5.41, 5.74) is 1.10. The maximum Gasteiger partial charge on any atom is 0.317 e. The fourth-order valence-electron chi connectivity index (χ4n) is 0.993. The minimum absolute atomic E-state index is 0.0730. The van der Waals surface area contributed by atoms with Gasteiger partial charge in [-0.05, 0) is 11.6 Å². The molecule has 0 bridgehead atoms. The van der Waals surface area contributed by atoms with Crippen LogP contribution in [0, 0.1) is 0 Å². The number of hydrogen-bond donors (Lipinski definition) is 2. The maximum absolute atomic E-state index is 11.0. The summed E-state index contributed by atoms with van der Waals surface area (Å²) in [6, 6.07) is 1.87. The van der Waals surface area contributed by atoms with E-state index in [0.29, 0.717) is 6.54 Å². The molecule has 1 aromatic heterocycles. The van der Waals surface area contributed by atoms with Crippen molar-refractivity contribution in [2.45, 2.75) is 6.54 Å². The second kappa shape index (κ2) is 3.80. The van der Waals surface area contributed by atoms with E-state index in [2.05, 4.69) is 10.3 Å². The van der Waals surface area contributed by atoms with Gasteiger partial charge in [-0.2, -0.15) is 0 Å². The summed E-state index contributed by atoms with van der Waals surface area (Å²) in [6.07, 6.45) is 3.71. The molecule has 2 amide bonds. The average molecular weight is 167 g/mol. The van der Waals surface area contributed by atoms with Gasteiger partial charge in [0.15, 0.2) is 0 Å². The first-order chi connectivity index (χ1) is 5.74. The molecule has 0 aliphatic carbocycles. The Labute approximate surface area is 71.6 Å². The van der Waals surface area contributed by atoms with Crippen LogP contribution >= 0.6 is 0 Å². The van der Waals surface area contributed by atoms with E-state index in [1.807, 2.05) is 18.5 Å². The zero-order valence-electron chi connectivity index (χ0n) is 7.29. The topological polar surface area (TPSA) is 48.1 Å². The molecule has 66 valence electrons. The third-order valence-electron chi connectivity index (χ3n) is 1.64. The molecule has 0 atom stereocenters. The average Bonchev–Trinajstić information content (AvgIpc) is 2.55. The van der Waals surface area contributed by atoms with Crippen LogP contribution in [0.4, 0.5) is 4.79 Å². The van der Waals surface area contributed by atoms with Crippen LogP contribution in [-0.4, -0.2) is 30.0 Å². The Hall–Kier alpha value is -1.45. The summed E-state index contributed by atoms with van der Waals surface area (Å²) >= 11 is 0. The van der Waals surface area contributed by atoms with E-state index in [9.17, 15) is 4.79 Å². The third kappa shape index (κ3) is 2.02.